The molecule has 84 valence electrons. The van der Waals surface area contributed by atoms with Crippen LogP contribution in [0.3, 0.4) is 0 Å². The summed E-state index contributed by atoms with van der Waals surface area (Å²) >= 11 is 0. The molecule has 1 aromatic carbocycles. The second kappa shape index (κ2) is 2.08. The Balaban J connectivity index is 2.74. The highest BCUT2D eigenvalue weighted by atomic mass is 32.5. The third-order valence-electron chi connectivity index (χ3n) is 1.73. The van der Waals surface area contributed by atoms with Gasteiger partial charge < -0.3 is 0 Å². The van der Waals surface area contributed by atoms with Gasteiger partial charge in [0, 0.05) is 0 Å². The van der Waals surface area contributed by atoms with Crippen LogP contribution < -0.4 is 0 Å². The van der Waals surface area contributed by atoms with E-state index in [0.717, 1.165) is 6.07 Å². The third-order valence-corrected chi connectivity index (χ3v) is 2.88. The number of halogens is 5. The first kappa shape index (κ1) is 10.1. The fraction of sp³-hybridized carbons (Fsp3) is 0. The first-order chi connectivity index (χ1) is 6.56. The lowest BCUT2D eigenvalue weighted by Gasteiger charge is -2.40. The van der Waals surface area contributed by atoms with Crippen molar-refractivity contribution in [1.82, 2.24) is 15.4 Å². The number of nitrogens with zero attached hydrogens (tertiary/aromatic N) is 2. The van der Waals surface area contributed by atoms with Gasteiger partial charge in [0.2, 0.25) is 0 Å². The molecule has 0 aliphatic heterocycles. The van der Waals surface area contributed by atoms with Crippen molar-refractivity contribution in [1.29, 1.82) is 0 Å². The van der Waals surface area contributed by atoms with E-state index in [4.69, 9.17) is 0 Å². The minimum absolute atomic E-state index is 0.0978. The molecule has 0 saturated carbocycles. The average Bonchev–Trinajstić information content (AvgIpc) is 2.45. The average molecular weight is 245 g/mol. The molecule has 9 heteroatoms. The molecule has 2 aromatic rings. The van der Waals surface area contributed by atoms with Crippen molar-refractivity contribution in [3.63, 3.8) is 0 Å². The fourth-order valence-corrected chi connectivity index (χ4v) is 1.72. The van der Waals surface area contributed by atoms with E-state index in [0.29, 0.717) is 6.07 Å². The number of H-pyrrole nitrogens is 1. The number of aromatic nitrogens is 3. The van der Waals surface area contributed by atoms with Crippen LogP contribution in [0.15, 0.2) is 23.1 Å². The van der Waals surface area contributed by atoms with Crippen LogP contribution in [0.2, 0.25) is 0 Å². The largest absolute Gasteiger partial charge is 0.310 e. The summed E-state index contributed by atoms with van der Waals surface area (Å²) in [4.78, 5) is -1.96. The van der Waals surface area contributed by atoms with Gasteiger partial charge in [-0.25, -0.2) is 0 Å². The Morgan fingerprint density at radius 3 is 2.13 bits per heavy atom. The van der Waals surface area contributed by atoms with Crippen molar-refractivity contribution in [2.75, 3.05) is 0 Å². The molecule has 3 nitrogen and oxygen atoms in total. The van der Waals surface area contributed by atoms with E-state index >= 15 is 0 Å². The quantitative estimate of drug-likeness (QED) is 0.779. The molecule has 0 aliphatic rings. The maximum absolute atomic E-state index is 12.3. The Morgan fingerprint density at radius 1 is 0.933 bits per heavy atom. The van der Waals surface area contributed by atoms with Gasteiger partial charge in [-0.3, -0.25) is 0 Å². The molecule has 0 spiro atoms. The molecule has 1 aromatic heterocycles. The van der Waals surface area contributed by atoms with Crippen LogP contribution >= 0.6 is 10.2 Å². The Morgan fingerprint density at radius 2 is 1.53 bits per heavy atom. The first-order valence-electron chi connectivity index (χ1n) is 3.61. The van der Waals surface area contributed by atoms with Gasteiger partial charge >= 0.3 is 10.2 Å². The zero-order valence-corrected chi connectivity index (χ0v) is 7.74. The molecule has 0 aliphatic carbocycles. The van der Waals surface area contributed by atoms with Crippen molar-refractivity contribution < 1.29 is 19.4 Å². The predicted octanol–water partition coefficient (Wildman–Crippen LogP) is 3.62. The van der Waals surface area contributed by atoms with Gasteiger partial charge in [-0.15, -0.1) is 0 Å². The molecule has 0 saturated heterocycles. The van der Waals surface area contributed by atoms with Crippen LogP contribution in [0.5, 0.6) is 0 Å². The van der Waals surface area contributed by atoms with Gasteiger partial charge in [0.25, 0.3) is 0 Å². The zero-order chi connectivity index (χ0) is 11.4. The highest BCUT2D eigenvalue weighted by Crippen LogP contribution is 3.02. The van der Waals surface area contributed by atoms with Gasteiger partial charge in [0.1, 0.15) is 15.9 Å². The number of rotatable bonds is 1. The maximum Gasteiger partial charge on any atom is 0.310 e. The van der Waals surface area contributed by atoms with Crippen LogP contribution in [-0.2, 0) is 0 Å². The standard InChI is InChI=1S/C6H4F5N3S/c7-15(8,9,10,11)4-1-2-5-6(3-4)13-14-12-5/h1-3H,(H,12,13,14). The van der Waals surface area contributed by atoms with E-state index in [9.17, 15) is 19.4 Å². The summed E-state index contributed by atoms with van der Waals surface area (Å²) < 4.78 is 61.6. The molecular weight excluding hydrogens is 241 g/mol. The summed E-state index contributed by atoms with van der Waals surface area (Å²) in [7, 11) is -9.61. The maximum atomic E-state index is 12.3. The number of hydrogen-bond acceptors (Lipinski definition) is 2. The van der Waals surface area contributed by atoms with Crippen LogP contribution in [0.1, 0.15) is 0 Å². The fourth-order valence-electron chi connectivity index (χ4n) is 1.06. The molecule has 0 fully saturated rings. The lowest BCUT2D eigenvalue weighted by Crippen LogP contribution is -2.05. The predicted molar refractivity (Wildman–Crippen MR) is 45.3 cm³/mol. The number of hydrogen-bond donors (Lipinski definition) is 1. The summed E-state index contributed by atoms with van der Waals surface area (Å²) in [6.45, 7) is 0. The third kappa shape index (κ3) is 1.87. The van der Waals surface area contributed by atoms with Gasteiger partial charge in [-0.2, -0.15) is 15.4 Å². The van der Waals surface area contributed by atoms with Crippen molar-refractivity contribution >= 4 is 21.3 Å². The van der Waals surface area contributed by atoms with Gasteiger partial charge in [0.15, 0.2) is 0 Å². The van der Waals surface area contributed by atoms with Crippen molar-refractivity contribution in [2.45, 2.75) is 4.90 Å². The van der Waals surface area contributed by atoms with Crippen LogP contribution in [0.25, 0.3) is 11.0 Å². The van der Waals surface area contributed by atoms with E-state index in [1.165, 1.54) is 0 Å². The lowest BCUT2D eigenvalue weighted by molar-refractivity contribution is 0.364. The smallest absolute Gasteiger partial charge is 0.197 e. The van der Waals surface area contributed by atoms with Crippen molar-refractivity contribution in [3.05, 3.63) is 18.2 Å². The molecule has 15 heavy (non-hydrogen) atoms. The van der Waals surface area contributed by atoms with Crippen molar-refractivity contribution in [2.24, 2.45) is 0 Å². The zero-order valence-electron chi connectivity index (χ0n) is 6.92. The van der Waals surface area contributed by atoms with E-state index in [1.807, 2.05) is 5.21 Å². The molecule has 0 bridgehead atoms. The summed E-state index contributed by atoms with van der Waals surface area (Å²) in [6.07, 6.45) is 0. The Kier molecular flexibility index (Phi) is 1.41. The number of benzene rings is 1. The Bertz CT molecular complexity index is 530. The van der Waals surface area contributed by atoms with Gasteiger partial charge in [-0.1, -0.05) is 19.4 Å². The molecule has 1 heterocycles. The first-order valence-corrected chi connectivity index (χ1v) is 5.56. The van der Waals surface area contributed by atoms with Gasteiger partial charge in [0.05, 0.1) is 0 Å². The van der Waals surface area contributed by atoms with E-state index in [1.54, 1.807) is 0 Å². The number of nitrogens with one attached hydrogen (secondary N) is 1. The van der Waals surface area contributed by atoms with Crippen LogP contribution in [0.4, 0.5) is 19.4 Å². The summed E-state index contributed by atoms with van der Waals surface area (Å²) in [6, 6.07) is 1.42. The summed E-state index contributed by atoms with van der Waals surface area (Å²) in [5.41, 5.74) is -0.152. The van der Waals surface area contributed by atoms with E-state index in [2.05, 4.69) is 10.2 Å². The molecular formula is C6H4F5N3S. The lowest BCUT2D eigenvalue weighted by atomic mass is 10.3. The molecule has 0 atom stereocenters. The Hall–Kier alpha value is -1.38. The molecule has 1 N–H and O–H groups in total. The molecule has 0 unspecified atom stereocenters. The van der Waals surface area contributed by atoms with Crippen LogP contribution in [-0.4, -0.2) is 15.4 Å². The van der Waals surface area contributed by atoms with Gasteiger partial charge in [-0.05, 0) is 18.2 Å². The number of aromatic amines is 1. The topological polar surface area (TPSA) is 41.6 Å². The second-order valence-corrected chi connectivity index (χ2v) is 5.35. The summed E-state index contributed by atoms with van der Waals surface area (Å²) in [5, 5.41) is 8.80. The summed E-state index contributed by atoms with van der Waals surface area (Å²) in [5.74, 6) is 0. The second-order valence-electron chi connectivity index (χ2n) is 2.94. The normalized spacial score (nSPS) is 17.4. The monoisotopic (exact) mass is 245 g/mol. The SMILES string of the molecule is FS(F)(F)(F)(F)c1ccc2n[nH]nc2c1. The molecule has 0 radical (unpaired) electrons. The van der Waals surface area contributed by atoms with Crippen molar-refractivity contribution in [3.8, 4) is 0 Å². The Labute approximate surface area is 80.0 Å². The van der Waals surface area contributed by atoms with E-state index in [-0.39, 0.29) is 17.1 Å². The molecule has 0 amide bonds. The highest BCUT2D eigenvalue weighted by molar-refractivity contribution is 8.45. The molecule has 2 rings (SSSR count). The minimum atomic E-state index is -9.61. The highest BCUT2D eigenvalue weighted by Gasteiger charge is 2.65. The van der Waals surface area contributed by atoms with E-state index < -0.39 is 15.1 Å². The number of fused-ring (bicyclic) bond motifs is 1. The minimum Gasteiger partial charge on any atom is -0.197 e. The van der Waals surface area contributed by atoms with Crippen LogP contribution in [0, 0.1) is 0 Å².